The van der Waals surface area contributed by atoms with Crippen molar-refractivity contribution >= 4 is 33.2 Å². The molecule has 5 rings (SSSR count). The zero-order valence-electron chi connectivity index (χ0n) is 17.7. The van der Waals surface area contributed by atoms with Gasteiger partial charge in [-0.15, -0.1) is 5.10 Å². The number of carbonyl (C=O) groups excluding carboxylic acids is 1. The summed E-state index contributed by atoms with van der Waals surface area (Å²) in [6.07, 6.45) is 3.28. The van der Waals surface area contributed by atoms with Crippen molar-refractivity contribution in [3.63, 3.8) is 0 Å². The number of rotatable bonds is 6. The minimum absolute atomic E-state index is 0.365. The SMILES string of the molecule is Cc1cccc(-n2nc(NCc3cccc(Br)c3)cc2-c2ccn3ncc(C(N)=O)c3c2)n1. The van der Waals surface area contributed by atoms with Gasteiger partial charge in [0.25, 0.3) is 5.91 Å². The highest BCUT2D eigenvalue weighted by Gasteiger charge is 2.16. The lowest BCUT2D eigenvalue weighted by Gasteiger charge is -2.08. The Balaban J connectivity index is 1.58. The molecule has 0 aliphatic rings. The van der Waals surface area contributed by atoms with Gasteiger partial charge < -0.3 is 11.1 Å². The number of pyridine rings is 2. The molecule has 5 aromatic rings. The summed E-state index contributed by atoms with van der Waals surface area (Å²) in [6, 6.07) is 19.7. The zero-order valence-corrected chi connectivity index (χ0v) is 19.3. The molecular formula is C24H20BrN7O. The molecule has 33 heavy (non-hydrogen) atoms. The van der Waals surface area contributed by atoms with E-state index in [4.69, 9.17) is 10.8 Å². The summed E-state index contributed by atoms with van der Waals surface area (Å²) in [5, 5.41) is 12.4. The van der Waals surface area contributed by atoms with Crippen LogP contribution in [-0.2, 0) is 6.54 Å². The molecule has 0 aliphatic heterocycles. The molecule has 0 aliphatic carbocycles. The van der Waals surface area contributed by atoms with E-state index >= 15 is 0 Å². The van der Waals surface area contributed by atoms with Crippen molar-refractivity contribution < 1.29 is 4.79 Å². The van der Waals surface area contributed by atoms with Gasteiger partial charge in [-0.25, -0.2) is 14.2 Å². The molecule has 0 saturated heterocycles. The third kappa shape index (κ3) is 4.22. The molecule has 0 fully saturated rings. The smallest absolute Gasteiger partial charge is 0.252 e. The van der Waals surface area contributed by atoms with Crippen molar-refractivity contribution in [2.45, 2.75) is 13.5 Å². The van der Waals surface area contributed by atoms with Gasteiger partial charge in [0.05, 0.1) is 23.0 Å². The molecule has 1 amide bonds. The van der Waals surface area contributed by atoms with Crippen molar-refractivity contribution in [1.29, 1.82) is 0 Å². The molecule has 3 N–H and O–H groups in total. The maximum absolute atomic E-state index is 11.8. The first-order chi connectivity index (χ1) is 16.0. The first kappa shape index (κ1) is 20.9. The number of carbonyl (C=O) groups is 1. The van der Waals surface area contributed by atoms with Crippen LogP contribution in [0.3, 0.4) is 0 Å². The van der Waals surface area contributed by atoms with Crippen LogP contribution in [0.5, 0.6) is 0 Å². The fourth-order valence-electron chi connectivity index (χ4n) is 3.66. The Labute approximate surface area is 198 Å². The number of nitrogens with zero attached hydrogens (tertiary/aromatic N) is 5. The van der Waals surface area contributed by atoms with Gasteiger partial charge in [-0.05, 0) is 48.9 Å². The summed E-state index contributed by atoms with van der Waals surface area (Å²) in [5.41, 5.74) is 10.2. The van der Waals surface area contributed by atoms with Crippen molar-refractivity contribution in [1.82, 2.24) is 24.4 Å². The first-order valence-electron chi connectivity index (χ1n) is 10.3. The second-order valence-corrected chi connectivity index (χ2v) is 8.53. The van der Waals surface area contributed by atoms with Crippen molar-refractivity contribution in [3.05, 3.63) is 94.4 Å². The molecule has 0 atom stereocenters. The highest BCUT2D eigenvalue weighted by Crippen LogP contribution is 2.28. The molecule has 0 bridgehead atoms. The molecule has 0 radical (unpaired) electrons. The highest BCUT2D eigenvalue weighted by atomic mass is 79.9. The van der Waals surface area contributed by atoms with Crippen LogP contribution in [0.4, 0.5) is 5.82 Å². The first-order valence-corrected chi connectivity index (χ1v) is 11.1. The van der Waals surface area contributed by atoms with Gasteiger partial charge in [0, 0.05) is 34.5 Å². The van der Waals surface area contributed by atoms with Crippen molar-refractivity contribution in [3.8, 4) is 17.1 Å². The number of aryl methyl sites for hydroxylation is 1. The van der Waals surface area contributed by atoms with E-state index in [1.807, 2.05) is 55.5 Å². The van der Waals surface area contributed by atoms with E-state index in [2.05, 4.69) is 43.5 Å². The highest BCUT2D eigenvalue weighted by molar-refractivity contribution is 9.10. The molecular weight excluding hydrogens is 482 g/mol. The van der Waals surface area contributed by atoms with Crippen LogP contribution in [0.2, 0.25) is 0 Å². The number of primary amides is 1. The standard InChI is InChI=1S/C24H20BrN7O/c1-15-4-2-7-23(29-15)32-20(12-22(30-32)27-13-16-5-3-6-18(25)10-16)17-8-9-31-21(11-17)19(14-28-31)24(26)33/h2-12,14H,13H2,1H3,(H2,26,33)(H,27,30). The molecule has 4 aromatic heterocycles. The summed E-state index contributed by atoms with van der Waals surface area (Å²) < 4.78 is 4.45. The minimum Gasteiger partial charge on any atom is -0.365 e. The Morgan fingerprint density at radius 3 is 2.76 bits per heavy atom. The molecule has 0 saturated carbocycles. The van der Waals surface area contributed by atoms with Gasteiger partial charge in [0.2, 0.25) is 0 Å². The summed E-state index contributed by atoms with van der Waals surface area (Å²) in [5.74, 6) is 0.883. The lowest BCUT2D eigenvalue weighted by Crippen LogP contribution is -2.10. The third-order valence-corrected chi connectivity index (χ3v) is 5.74. The Bertz CT molecular complexity index is 1490. The van der Waals surface area contributed by atoms with E-state index in [1.165, 1.54) is 6.20 Å². The van der Waals surface area contributed by atoms with Gasteiger partial charge in [-0.2, -0.15) is 5.10 Å². The van der Waals surface area contributed by atoms with Crippen LogP contribution in [0.15, 0.2) is 77.5 Å². The fourth-order valence-corrected chi connectivity index (χ4v) is 4.11. The maximum Gasteiger partial charge on any atom is 0.252 e. The van der Waals surface area contributed by atoms with Crippen LogP contribution >= 0.6 is 15.9 Å². The minimum atomic E-state index is -0.521. The number of halogens is 1. The molecule has 164 valence electrons. The molecule has 8 nitrogen and oxygen atoms in total. The monoisotopic (exact) mass is 501 g/mol. The average Bonchev–Trinajstić information content (AvgIpc) is 3.42. The fraction of sp³-hybridized carbons (Fsp3) is 0.0833. The Morgan fingerprint density at radius 1 is 1.12 bits per heavy atom. The number of hydrogen-bond acceptors (Lipinski definition) is 5. The molecule has 0 spiro atoms. The number of benzene rings is 1. The number of aromatic nitrogens is 5. The topological polar surface area (TPSA) is 103 Å². The Kier molecular flexibility index (Phi) is 5.39. The third-order valence-electron chi connectivity index (χ3n) is 5.25. The zero-order chi connectivity index (χ0) is 22.9. The van der Waals surface area contributed by atoms with Crippen LogP contribution in [0, 0.1) is 6.92 Å². The number of hydrogen-bond donors (Lipinski definition) is 2. The van der Waals surface area contributed by atoms with E-state index in [9.17, 15) is 4.79 Å². The number of anilines is 1. The maximum atomic E-state index is 11.8. The molecule has 1 aromatic carbocycles. The average molecular weight is 502 g/mol. The number of fused-ring (bicyclic) bond motifs is 1. The largest absolute Gasteiger partial charge is 0.365 e. The second kappa shape index (κ2) is 8.51. The second-order valence-electron chi connectivity index (χ2n) is 7.61. The number of nitrogens with one attached hydrogen (secondary N) is 1. The van der Waals surface area contributed by atoms with E-state index in [0.717, 1.165) is 27.0 Å². The lowest BCUT2D eigenvalue weighted by molar-refractivity contribution is 0.100. The van der Waals surface area contributed by atoms with Gasteiger partial charge in [0.15, 0.2) is 5.82 Å². The van der Waals surface area contributed by atoms with Gasteiger partial charge in [0.1, 0.15) is 5.82 Å². The number of amides is 1. The van der Waals surface area contributed by atoms with Gasteiger partial charge in [-0.3, -0.25) is 4.79 Å². The number of nitrogens with two attached hydrogens (primary N) is 1. The Hall–Kier alpha value is -3.98. The van der Waals surface area contributed by atoms with E-state index in [1.54, 1.807) is 15.4 Å². The molecule has 9 heteroatoms. The molecule has 0 unspecified atom stereocenters. The normalized spacial score (nSPS) is 11.1. The summed E-state index contributed by atoms with van der Waals surface area (Å²) >= 11 is 3.51. The molecule has 4 heterocycles. The van der Waals surface area contributed by atoms with Crippen LogP contribution in [-0.4, -0.2) is 30.3 Å². The van der Waals surface area contributed by atoms with Crippen LogP contribution < -0.4 is 11.1 Å². The lowest BCUT2D eigenvalue weighted by atomic mass is 10.1. The predicted octanol–water partition coefficient (Wildman–Crippen LogP) is 4.36. The summed E-state index contributed by atoms with van der Waals surface area (Å²) in [7, 11) is 0. The summed E-state index contributed by atoms with van der Waals surface area (Å²) in [4.78, 5) is 16.5. The summed E-state index contributed by atoms with van der Waals surface area (Å²) in [6.45, 7) is 2.56. The van der Waals surface area contributed by atoms with Gasteiger partial charge >= 0.3 is 0 Å². The quantitative estimate of drug-likeness (QED) is 0.359. The van der Waals surface area contributed by atoms with Crippen LogP contribution in [0.1, 0.15) is 21.6 Å². The van der Waals surface area contributed by atoms with Gasteiger partial charge in [-0.1, -0.05) is 34.1 Å². The Morgan fingerprint density at radius 2 is 1.97 bits per heavy atom. The van der Waals surface area contributed by atoms with Crippen LogP contribution in [0.25, 0.3) is 22.6 Å². The van der Waals surface area contributed by atoms with Crippen molar-refractivity contribution in [2.75, 3.05) is 5.32 Å². The predicted molar refractivity (Wildman–Crippen MR) is 130 cm³/mol. The van der Waals surface area contributed by atoms with Crippen molar-refractivity contribution in [2.24, 2.45) is 5.73 Å². The van der Waals surface area contributed by atoms with E-state index in [0.29, 0.717) is 29.3 Å². The van der Waals surface area contributed by atoms with E-state index < -0.39 is 5.91 Å². The van der Waals surface area contributed by atoms with E-state index in [-0.39, 0.29) is 0 Å².